The summed E-state index contributed by atoms with van der Waals surface area (Å²) in [4.78, 5) is 13.5. The summed E-state index contributed by atoms with van der Waals surface area (Å²) < 4.78 is 5.51. The number of carbonyl (C=O) groups is 1. The van der Waals surface area contributed by atoms with E-state index in [1.807, 2.05) is 13.8 Å². The van der Waals surface area contributed by atoms with Crippen LogP contribution >= 0.6 is 0 Å². The highest BCUT2D eigenvalue weighted by Crippen LogP contribution is 2.20. The molecule has 0 saturated carbocycles. The Morgan fingerprint density at radius 1 is 1.64 bits per heavy atom. The SMILES string of the molecule is CC1CCC(C(=O)N(C)C(C)CN)O1. The van der Waals surface area contributed by atoms with Gasteiger partial charge in [-0.2, -0.15) is 0 Å². The van der Waals surface area contributed by atoms with Crippen molar-refractivity contribution in [3.63, 3.8) is 0 Å². The molecule has 3 atom stereocenters. The molecule has 1 rings (SSSR count). The maximum atomic E-state index is 11.8. The molecule has 82 valence electrons. The summed E-state index contributed by atoms with van der Waals surface area (Å²) in [6, 6.07) is 0.0852. The Bertz CT molecular complexity index is 204. The molecular formula is C10H20N2O2. The second kappa shape index (κ2) is 4.75. The second-order valence-electron chi connectivity index (χ2n) is 4.05. The van der Waals surface area contributed by atoms with Gasteiger partial charge in [0.15, 0.2) is 0 Å². The van der Waals surface area contributed by atoms with Crippen LogP contribution in [0.2, 0.25) is 0 Å². The molecule has 3 unspecified atom stereocenters. The summed E-state index contributed by atoms with van der Waals surface area (Å²) in [5.41, 5.74) is 5.50. The van der Waals surface area contributed by atoms with Crippen LogP contribution in [-0.2, 0) is 9.53 Å². The topological polar surface area (TPSA) is 55.6 Å². The lowest BCUT2D eigenvalue weighted by Crippen LogP contribution is -2.44. The van der Waals surface area contributed by atoms with Crippen LogP contribution in [-0.4, -0.2) is 42.6 Å². The first-order valence-electron chi connectivity index (χ1n) is 5.18. The van der Waals surface area contributed by atoms with Crippen LogP contribution < -0.4 is 5.73 Å². The van der Waals surface area contributed by atoms with Crippen molar-refractivity contribution in [3.8, 4) is 0 Å². The minimum Gasteiger partial charge on any atom is -0.365 e. The second-order valence-corrected chi connectivity index (χ2v) is 4.05. The van der Waals surface area contributed by atoms with Gasteiger partial charge in [-0.1, -0.05) is 0 Å². The van der Waals surface area contributed by atoms with E-state index in [-0.39, 0.29) is 24.2 Å². The number of nitrogens with two attached hydrogens (primary N) is 1. The van der Waals surface area contributed by atoms with Crippen molar-refractivity contribution in [1.29, 1.82) is 0 Å². The molecule has 4 nitrogen and oxygen atoms in total. The summed E-state index contributed by atoms with van der Waals surface area (Å²) in [7, 11) is 1.78. The molecule has 1 aliphatic heterocycles. The van der Waals surface area contributed by atoms with Crippen molar-refractivity contribution in [1.82, 2.24) is 4.90 Å². The number of nitrogens with zero attached hydrogens (tertiary/aromatic N) is 1. The lowest BCUT2D eigenvalue weighted by molar-refractivity contribution is -0.142. The van der Waals surface area contributed by atoms with Gasteiger partial charge in [0.25, 0.3) is 5.91 Å². The Kier molecular flexibility index (Phi) is 3.89. The molecular weight excluding hydrogens is 180 g/mol. The summed E-state index contributed by atoms with van der Waals surface area (Å²) in [5.74, 6) is 0.0623. The highest BCUT2D eigenvalue weighted by atomic mass is 16.5. The van der Waals surface area contributed by atoms with Gasteiger partial charge in [-0.05, 0) is 26.7 Å². The van der Waals surface area contributed by atoms with Crippen LogP contribution in [0.4, 0.5) is 0 Å². The zero-order valence-electron chi connectivity index (χ0n) is 9.19. The number of amides is 1. The van der Waals surface area contributed by atoms with Gasteiger partial charge >= 0.3 is 0 Å². The van der Waals surface area contributed by atoms with Gasteiger partial charge in [0.05, 0.1) is 6.10 Å². The first kappa shape index (κ1) is 11.5. The van der Waals surface area contributed by atoms with Crippen molar-refractivity contribution in [2.45, 2.75) is 44.9 Å². The first-order chi connectivity index (χ1) is 6.56. The molecule has 0 aliphatic carbocycles. The molecule has 0 aromatic heterocycles. The van der Waals surface area contributed by atoms with E-state index in [4.69, 9.17) is 10.5 Å². The Hall–Kier alpha value is -0.610. The predicted molar refractivity (Wildman–Crippen MR) is 54.9 cm³/mol. The highest BCUT2D eigenvalue weighted by Gasteiger charge is 2.31. The van der Waals surface area contributed by atoms with Gasteiger partial charge in [-0.15, -0.1) is 0 Å². The first-order valence-corrected chi connectivity index (χ1v) is 5.18. The lowest BCUT2D eigenvalue weighted by Gasteiger charge is -2.26. The van der Waals surface area contributed by atoms with E-state index >= 15 is 0 Å². The molecule has 1 aliphatic rings. The van der Waals surface area contributed by atoms with Gasteiger partial charge in [0.2, 0.25) is 0 Å². The highest BCUT2D eigenvalue weighted by molar-refractivity contribution is 5.81. The third kappa shape index (κ3) is 2.45. The quantitative estimate of drug-likeness (QED) is 0.715. The van der Waals surface area contributed by atoms with Gasteiger partial charge in [-0.25, -0.2) is 0 Å². The van der Waals surface area contributed by atoms with E-state index in [9.17, 15) is 4.79 Å². The zero-order valence-corrected chi connectivity index (χ0v) is 9.19. The maximum absolute atomic E-state index is 11.8. The Morgan fingerprint density at radius 3 is 2.71 bits per heavy atom. The van der Waals surface area contributed by atoms with Crippen molar-refractivity contribution >= 4 is 5.91 Å². The number of carbonyl (C=O) groups excluding carboxylic acids is 1. The fourth-order valence-electron chi connectivity index (χ4n) is 1.59. The van der Waals surface area contributed by atoms with Crippen LogP contribution in [0.15, 0.2) is 0 Å². The number of hydrogen-bond donors (Lipinski definition) is 1. The van der Waals surface area contributed by atoms with Crippen LogP contribution in [0, 0.1) is 0 Å². The Balaban J connectivity index is 2.48. The van der Waals surface area contributed by atoms with E-state index in [1.54, 1.807) is 11.9 Å². The van der Waals surface area contributed by atoms with Gasteiger partial charge in [0, 0.05) is 19.6 Å². The third-order valence-corrected chi connectivity index (χ3v) is 2.86. The minimum atomic E-state index is -0.246. The van der Waals surface area contributed by atoms with E-state index in [2.05, 4.69) is 0 Å². The summed E-state index contributed by atoms with van der Waals surface area (Å²) >= 11 is 0. The van der Waals surface area contributed by atoms with Crippen LogP contribution in [0.3, 0.4) is 0 Å². The molecule has 1 saturated heterocycles. The average Bonchev–Trinajstić information content (AvgIpc) is 2.61. The summed E-state index contributed by atoms with van der Waals surface area (Å²) in [5, 5.41) is 0. The number of ether oxygens (including phenoxy) is 1. The number of hydrogen-bond acceptors (Lipinski definition) is 3. The minimum absolute atomic E-state index is 0.0623. The van der Waals surface area contributed by atoms with Crippen LogP contribution in [0.25, 0.3) is 0 Å². The number of likely N-dealkylation sites (N-methyl/N-ethyl adjacent to an activating group) is 1. The molecule has 0 aromatic rings. The van der Waals surface area contributed by atoms with Crippen molar-refractivity contribution in [3.05, 3.63) is 0 Å². The summed E-state index contributed by atoms with van der Waals surface area (Å²) in [6.07, 6.45) is 1.78. The molecule has 4 heteroatoms. The predicted octanol–water partition coefficient (Wildman–Crippen LogP) is 0.359. The normalized spacial score (nSPS) is 28.9. The molecule has 1 heterocycles. The van der Waals surface area contributed by atoms with E-state index < -0.39 is 0 Å². The van der Waals surface area contributed by atoms with Gasteiger partial charge in [-0.3, -0.25) is 4.79 Å². The van der Waals surface area contributed by atoms with Crippen LogP contribution in [0.5, 0.6) is 0 Å². The molecule has 0 aromatic carbocycles. The third-order valence-electron chi connectivity index (χ3n) is 2.86. The fraction of sp³-hybridized carbons (Fsp3) is 0.900. The molecule has 1 fully saturated rings. The van der Waals surface area contributed by atoms with Gasteiger partial charge in [0.1, 0.15) is 6.10 Å². The molecule has 0 radical (unpaired) electrons. The van der Waals surface area contributed by atoms with Crippen molar-refractivity contribution in [2.75, 3.05) is 13.6 Å². The summed E-state index contributed by atoms with van der Waals surface area (Å²) in [6.45, 7) is 4.43. The standard InChI is InChI=1S/C10H20N2O2/c1-7(6-11)12(3)10(13)9-5-4-8(2)14-9/h7-9H,4-6,11H2,1-3H3. The lowest BCUT2D eigenvalue weighted by atomic mass is 10.1. The average molecular weight is 200 g/mol. The molecule has 14 heavy (non-hydrogen) atoms. The monoisotopic (exact) mass is 200 g/mol. The van der Waals surface area contributed by atoms with Crippen LogP contribution in [0.1, 0.15) is 26.7 Å². The zero-order chi connectivity index (χ0) is 10.7. The smallest absolute Gasteiger partial charge is 0.251 e. The Labute approximate surface area is 85.4 Å². The molecule has 0 bridgehead atoms. The van der Waals surface area contributed by atoms with E-state index in [1.165, 1.54) is 0 Å². The largest absolute Gasteiger partial charge is 0.365 e. The van der Waals surface area contributed by atoms with Crippen molar-refractivity contribution < 1.29 is 9.53 Å². The molecule has 2 N–H and O–H groups in total. The van der Waals surface area contributed by atoms with E-state index in [0.717, 1.165) is 12.8 Å². The molecule has 0 spiro atoms. The van der Waals surface area contributed by atoms with Crippen molar-refractivity contribution in [2.24, 2.45) is 5.73 Å². The Morgan fingerprint density at radius 2 is 2.29 bits per heavy atom. The maximum Gasteiger partial charge on any atom is 0.251 e. The fourth-order valence-corrected chi connectivity index (χ4v) is 1.59. The number of rotatable bonds is 3. The van der Waals surface area contributed by atoms with E-state index in [0.29, 0.717) is 6.54 Å². The molecule has 1 amide bonds. The van der Waals surface area contributed by atoms with Gasteiger partial charge < -0.3 is 15.4 Å².